The Morgan fingerprint density at radius 3 is 1.10 bits per heavy atom. The Labute approximate surface area is 598 Å². The van der Waals surface area contributed by atoms with E-state index in [9.17, 15) is 24.0 Å². The number of nitrogens with two attached hydrogens (primary N) is 1. The van der Waals surface area contributed by atoms with Crippen molar-refractivity contribution in [2.75, 3.05) is 124 Å². The highest BCUT2D eigenvalue weighted by Crippen LogP contribution is 2.38. The van der Waals surface area contributed by atoms with Crippen LogP contribution in [0.2, 0.25) is 0 Å². The molecule has 0 spiro atoms. The molecule has 100 heavy (non-hydrogen) atoms. The number of nitrogens with one attached hydrogen (secondary N) is 2. The van der Waals surface area contributed by atoms with Crippen LogP contribution in [0.15, 0.2) is 48.5 Å². The van der Waals surface area contributed by atoms with Crippen LogP contribution in [-0.4, -0.2) is 192 Å². The van der Waals surface area contributed by atoms with Gasteiger partial charge in [-0.25, -0.2) is 5.90 Å². The summed E-state index contributed by atoms with van der Waals surface area (Å²) in [6.45, 7) is 4.17. The van der Waals surface area contributed by atoms with Gasteiger partial charge in [0, 0.05) is 150 Å². The van der Waals surface area contributed by atoms with Crippen molar-refractivity contribution in [1.29, 1.82) is 0 Å². The number of carboxylic acids is 3. The predicted octanol–water partition coefficient (Wildman–Crippen LogP) is 9.87. The maximum absolute atomic E-state index is 11.2. The first-order valence-corrected chi connectivity index (χ1v) is 33.3. The number of rotatable bonds is 40. The molecule has 4 atom stereocenters. The number of benzene rings is 4. The second kappa shape index (κ2) is 55.5. The van der Waals surface area contributed by atoms with Crippen molar-refractivity contribution in [3.63, 3.8) is 0 Å². The van der Waals surface area contributed by atoms with E-state index in [1.165, 1.54) is 27.0 Å². The lowest BCUT2D eigenvalue weighted by Crippen LogP contribution is -2.29. The molecule has 570 valence electrons. The van der Waals surface area contributed by atoms with Crippen LogP contribution in [0.4, 0.5) is 0 Å². The van der Waals surface area contributed by atoms with E-state index in [0.29, 0.717) is 159 Å². The molecule has 7 N–H and O–H groups in total. The summed E-state index contributed by atoms with van der Waals surface area (Å²) in [5.41, 5.74) is 5.70. The standard InChI is InChI=1S/C18H27NO7.C15H25N2O5P.C14H22NO6P.C13H16O6.C5H11NO2.CH3Cl.2H2/c1-22-15-10-13(24-9-5-6-17(20)21)11-16(23-2)14(15)12-19-26-18-7-3-4-8-25-18;1-16-15(18)6-5-7-21-11-8-13(19-3)12(10-17(2)22-23)14(9-11)20-4;1-15(21-22)9-11-12(18-2)7-10(8-13(11)19-3)20-6-4-5-14(16)17;1-17-11-6-9(19-5-3-4-13(15)16)7-12(18-2)10(11)8-14;6-8-5-3-1-2-4-7-5;1-2;;/h10-11,18-19H,3-9,12H2,1-2H3,(H,20,21);8-9H,5-7,10,23H2,1-4H3,(H,16,18);7-8H,4-6,9,22H2,1-3H3,(H,16,17);6-8H,3-5H2,1-2H3,(H,15,16);5H,1-4,6H2;1H3;2*1H/i;;;;;;2*1+2. The van der Waals surface area contributed by atoms with Crippen LogP contribution in [0.1, 0.15) is 120 Å². The zero-order valence-electron chi connectivity index (χ0n) is 59.4. The zero-order chi connectivity index (χ0) is 74.6. The van der Waals surface area contributed by atoms with Crippen LogP contribution < -0.4 is 73.5 Å². The number of methoxy groups -OCH3 is 8. The number of ether oxygens (including phenoxy) is 14. The van der Waals surface area contributed by atoms with E-state index in [1.807, 2.05) is 0 Å². The summed E-state index contributed by atoms with van der Waals surface area (Å²) < 4.78 is 85.6. The molecule has 34 heteroatoms. The van der Waals surface area contributed by atoms with Gasteiger partial charge >= 0.3 is 17.9 Å². The summed E-state index contributed by atoms with van der Waals surface area (Å²) in [5, 5.41) is 31.6. The summed E-state index contributed by atoms with van der Waals surface area (Å²) in [7, 11) is 21.9. The summed E-state index contributed by atoms with van der Waals surface area (Å²) in [4.78, 5) is 63.5. The molecule has 2 saturated heterocycles. The lowest BCUT2D eigenvalue weighted by atomic mass is 10.1. The van der Waals surface area contributed by atoms with Gasteiger partial charge in [0.2, 0.25) is 5.91 Å². The number of carboxylic acid groups (broad SMARTS) is 3. The van der Waals surface area contributed by atoms with Crippen LogP contribution in [0, 0.1) is 0 Å². The SMILES string of the molecule is CCl.CNC(=O)CCCOc1cc(OC)c(CN(C)OP)c(OC)c1.COc1cc(OCCCC(=O)O)cc(OC)c1C=O.COc1cc(OCCCC(=O)O)cc(OC)c1CN(C)OP.COc1cc(OCCCC(=O)O)cc(OC)c1CNOC1CCCCO1.NOC1CCCCO1.[3HH].[3HH]. The van der Waals surface area contributed by atoms with Crippen LogP contribution in [0.25, 0.3) is 0 Å². The van der Waals surface area contributed by atoms with Crippen molar-refractivity contribution >= 4 is 60.6 Å². The van der Waals surface area contributed by atoms with Gasteiger partial charge in [0.1, 0.15) is 69.0 Å². The number of carbonyl (C=O) groups is 5. The van der Waals surface area contributed by atoms with Crippen molar-refractivity contribution in [3.8, 4) is 69.0 Å². The van der Waals surface area contributed by atoms with E-state index >= 15 is 0 Å². The number of hydrogen-bond acceptors (Lipinski definition) is 27. The van der Waals surface area contributed by atoms with Gasteiger partial charge in [-0.1, -0.05) is 0 Å². The number of alkyl halides is 1. The molecule has 4 unspecified atom stereocenters. The zero-order valence-corrected chi connectivity index (χ0v) is 62.4. The lowest BCUT2D eigenvalue weighted by molar-refractivity contribution is -0.198. The minimum atomic E-state index is -0.866. The summed E-state index contributed by atoms with van der Waals surface area (Å²) in [6, 6.07) is 13.7. The van der Waals surface area contributed by atoms with Crippen LogP contribution in [0.3, 0.4) is 0 Å². The number of hydrogen-bond donors (Lipinski definition) is 6. The molecule has 0 radical (unpaired) electrons. The Kier molecular flexibility index (Phi) is 50.4. The highest BCUT2D eigenvalue weighted by molar-refractivity contribution is 7.09. The Balaban J connectivity index is 0. The molecule has 4 aromatic carbocycles. The minimum absolute atomic E-state index is 0. The number of amides is 1. The van der Waals surface area contributed by atoms with Gasteiger partial charge in [0.15, 0.2) is 18.9 Å². The Morgan fingerprint density at radius 2 is 0.840 bits per heavy atom. The van der Waals surface area contributed by atoms with E-state index in [4.69, 9.17) is 102 Å². The molecule has 6 rings (SSSR count). The molecular weight excluding hydrogens is 1380 g/mol. The highest BCUT2D eigenvalue weighted by Gasteiger charge is 2.21. The van der Waals surface area contributed by atoms with E-state index in [-0.39, 0.29) is 47.2 Å². The third kappa shape index (κ3) is 36.9. The lowest BCUT2D eigenvalue weighted by Gasteiger charge is -2.23. The molecule has 0 aromatic heterocycles. The molecule has 2 heterocycles. The number of carbonyl (C=O) groups excluding carboxylic acids is 2. The number of halogens is 1. The predicted molar refractivity (Wildman–Crippen MR) is 380 cm³/mol. The van der Waals surface area contributed by atoms with Crippen molar-refractivity contribution < 1.29 is 127 Å². The first-order valence-electron chi connectivity index (χ1n) is 31.6. The first-order chi connectivity index (χ1) is 48.2. The normalized spacial score (nSPS) is 13.5. The molecule has 4 aromatic rings. The molecule has 2 aliphatic heterocycles. The van der Waals surface area contributed by atoms with E-state index in [0.717, 1.165) is 55.4 Å². The topological polar surface area (TPSA) is 369 Å². The Bertz CT molecular complexity index is 2870. The second-order valence-electron chi connectivity index (χ2n) is 20.9. The van der Waals surface area contributed by atoms with Crippen molar-refractivity contribution in [2.45, 2.75) is 122 Å². The van der Waals surface area contributed by atoms with Gasteiger partial charge in [-0.15, -0.1) is 11.6 Å². The number of nitrogens with zero attached hydrogens (tertiary/aromatic N) is 2. The van der Waals surface area contributed by atoms with Gasteiger partial charge < -0.3 is 87.0 Å². The van der Waals surface area contributed by atoms with Crippen LogP contribution in [0.5, 0.6) is 69.0 Å². The number of hydroxylamine groups is 5. The van der Waals surface area contributed by atoms with E-state index in [1.54, 1.807) is 122 Å². The fourth-order valence-corrected chi connectivity index (χ4v) is 9.02. The average Bonchev–Trinajstić information content (AvgIpc) is 0.851. The maximum atomic E-state index is 11.2. The third-order valence-corrected chi connectivity index (χ3v) is 14.6. The van der Waals surface area contributed by atoms with Crippen LogP contribution >= 0.6 is 30.5 Å². The fourth-order valence-electron chi connectivity index (χ4n) is 8.87. The summed E-state index contributed by atoms with van der Waals surface area (Å²) in [6.07, 6.45) is 10.5. The number of aldehydes is 1. The maximum Gasteiger partial charge on any atom is 0.303 e. The average molecular weight is 1490 g/mol. The van der Waals surface area contributed by atoms with Gasteiger partial charge in [-0.2, -0.15) is 15.6 Å². The monoisotopic (exact) mass is 1490 g/mol. The quantitative estimate of drug-likeness (QED) is 0.00792. The molecule has 0 bridgehead atoms. The second-order valence-corrected chi connectivity index (χ2v) is 21.3. The molecule has 0 aliphatic carbocycles. The Morgan fingerprint density at radius 1 is 0.530 bits per heavy atom. The third-order valence-electron chi connectivity index (χ3n) is 13.9. The van der Waals surface area contributed by atoms with Gasteiger partial charge in [0.05, 0.1) is 125 Å². The molecule has 0 saturated carbocycles. The van der Waals surface area contributed by atoms with Gasteiger partial charge in [0.25, 0.3) is 0 Å². The summed E-state index contributed by atoms with van der Waals surface area (Å²) >= 11 is 4.64. The Hall–Kier alpha value is -7.22. The van der Waals surface area contributed by atoms with Crippen molar-refractivity contribution in [3.05, 3.63) is 70.8 Å². The van der Waals surface area contributed by atoms with Gasteiger partial charge in [-0.05, 0) is 51.4 Å². The minimum Gasteiger partial charge on any atom is -0.496 e. The number of aliphatic carboxylic acids is 3. The molecule has 1 amide bonds. The fraction of sp³-hybridized carbons (Fsp3) is 0.561. The molecule has 2 aliphatic rings. The molecule has 2 fully saturated rings. The summed E-state index contributed by atoms with van der Waals surface area (Å²) in [5.74, 6) is 8.98. The van der Waals surface area contributed by atoms with E-state index < -0.39 is 17.9 Å². The van der Waals surface area contributed by atoms with Crippen molar-refractivity contribution in [2.24, 2.45) is 5.90 Å². The first kappa shape index (κ1) is 90.8. The highest BCUT2D eigenvalue weighted by atomic mass is 35.5. The molecular formula is C66H108ClN5O26P2. The van der Waals surface area contributed by atoms with E-state index in [2.05, 4.69) is 46.2 Å². The van der Waals surface area contributed by atoms with Gasteiger partial charge in [-0.3, -0.25) is 42.9 Å². The molecule has 31 nitrogen and oxygen atoms in total. The van der Waals surface area contributed by atoms with Crippen LogP contribution in [-0.2, 0) is 67.2 Å². The largest absolute Gasteiger partial charge is 0.496 e. The smallest absolute Gasteiger partial charge is 0.303 e. The van der Waals surface area contributed by atoms with Crippen molar-refractivity contribution in [1.82, 2.24) is 20.9 Å².